The van der Waals surface area contributed by atoms with Crippen LogP contribution in [0.4, 0.5) is 0 Å². The van der Waals surface area contributed by atoms with Crippen LogP contribution < -0.4 is 0 Å². The molecule has 0 N–H and O–H groups in total. The van der Waals surface area contributed by atoms with Gasteiger partial charge in [-0.05, 0) is 26.7 Å². The molecular formula is C9H11ClN2. The van der Waals surface area contributed by atoms with Crippen LogP contribution in [0.2, 0.25) is 5.15 Å². The van der Waals surface area contributed by atoms with Crippen molar-refractivity contribution in [3.63, 3.8) is 0 Å². The zero-order valence-electron chi connectivity index (χ0n) is 7.26. The van der Waals surface area contributed by atoms with Crippen LogP contribution in [0.15, 0.2) is 0 Å². The van der Waals surface area contributed by atoms with E-state index >= 15 is 0 Å². The monoisotopic (exact) mass is 182 g/mol. The summed E-state index contributed by atoms with van der Waals surface area (Å²) in [5, 5.41) is 0.615. The molecule has 1 aromatic rings. The molecule has 0 radical (unpaired) electrons. The summed E-state index contributed by atoms with van der Waals surface area (Å²) in [5.41, 5.74) is 2.01. The van der Waals surface area contributed by atoms with Crippen LogP contribution in [0.3, 0.4) is 0 Å². The zero-order chi connectivity index (χ0) is 8.72. The largest absolute Gasteiger partial charge is 0.238 e. The molecule has 0 spiro atoms. The van der Waals surface area contributed by atoms with Gasteiger partial charge in [0.25, 0.3) is 0 Å². The van der Waals surface area contributed by atoms with E-state index in [4.69, 9.17) is 11.6 Å². The van der Waals surface area contributed by atoms with Crippen molar-refractivity contribution in [1.29, 1.82) is 0 Å². The van der Waals surface area contributed by atoms with Crippen molar-refractivity contribution in [2.75, 3.05) is 0 Å². The van der Waals surface area contributed by atoms with E-state index in [-0.39, 0.29) is 0 Å². The number of halogens is 1. The van der Waals surface area contributed by atoms with E-state index in [0.29, 0.717) is 11.1 Å². The number of aryl methyl sites for hydroxylation is 1. The van der Waals surface area contributed by atoms with Crippen LogP contribution in [0.25, 0.3) is 0 Å². The van der Waals surface area contributed by atoms with E-state index in [2.05, 4.69) is 9.97 Å². The fraction of sp³-hybridized carbons (Fsp3) is 0.556. The van der Waals surface area contributed by atoms with Crippen molar-refractivity contribution in [2.45, 2.75) is 32.6 Å². The van der Waals surface area contributed by atoms with Gasteiger partial charge in [0.15, 0.2) is 0 Å². The minimum atomic E-state index is 0.585. The Kier molecular flexibility index (Phi) is 1.80. The van der Waals surface area contributed by atoms with Gasteiger partial charge in [0.2, 0.25) is 0 Å². The summed E-state index contributed by atoms with van der Waals surface area (Å²) in [6, 6.07) is 0. The summed E-state index contributed by atoms with van der Waals surface area (Å²) < 4.78 is 0. The second kappa shape index (κ2) is 2.70. The molecule has 0 aliphatic heterocycles. The maximum atomic E-state index is 5.94. The Morgan fingerprint density at radius 2 is 1.92 bits per heavy atom. The first-order valence-corrected chi connectivity index (χ1v) is 4.57. The standard InChI is InChI=1S/C9H11ClN2/c1-5-6(2)11-9(7-3-4-7)12-8(5)10/h7H,3-4H2,1-2H3. The second-order valence-electron chi connectivity index (χ2n) is 3.36. The minimum Gasteiger partial charge on any atom is -0.238 e. The Balaban J connectivity index is 2.45. The average Bonchev–Trinajstić information content (AvgIpc) is 2.81. The Morgan fingerprint density at radius 1 is 1.25 bits per heavy atom. The van der Waals surface area contributed by atoms with E-state index in [0.717, 1.165) is 17.1 Å². The molecule has 1 aromatic heterocycles. The van der Waals surface area contributed by atoms with E-state index in [1.807, 2.05) is 13.8 Å². The van der Waals surface area contributed by atoms with Gasteiger partial charge in [0.05, 0.1) is 0 Å². The molecule has 2 nitrogen and oxygen atoms in total. The molecule has 0 amide bonds. The first-order valence-electron chi connectivity index (χ1n) is 4.19. The minimum absolute atomic E-state index is 0.585. The zero-order valence-corrected chi connectivity index (χ0v) is 8.02. The van der Waals surface area contributed by atoms with Crippen LogP contribution in [0.1, 0.15) is 35.8 Å². The lowest BCUT2D eigenvalue weighted by molar-refractivity contribution is 0.894. The molecule has 0 unspecified atom stereocenters. The van der Waals surface area contributed by atoms with Gasteiger partial charge in [-0.2, -0.15) is 0 Å². The molecule has 1 saturated carbocycles. The average molecular weight is 183 g/mol. The van der Waals surface area contributed by atoms with Gasteiger partial charge in [-0.3, -0.25) is 0 Å². The molecule has 3 heteroatoms. The summed E-state index contributed by atoms with van der Waals surface area (Å²) in [6.07, 6.45) is 2.44. The molecule has 1 aliphatic rings. The highest BCUT2D eigenvalue weighted by Crippen LogP contribution is 2.38. The smallest absolute Gasteiger partial charge is 0.135 e. The fourth-order valence-corrected chi connectivity index (χ4v) is 1.36. The molecule has 0 saturated heterocycles. The third kappa shape index (κ3) is 1.31. The van der Waals surface area contributed by atoms with E-state index < -0.39 is 0 Å². The predicted octanol–water partition coefficient (Wildman–Crippen LogP) is 2.62. The van der Waals surface area contributed by atoms with E-state index in [1.54, 1.807) is 0 Å². The topological polar surface area (TPSA) is 25.8 Å². The normalized spacial score (nSPS) is 16.6. The molecule has 1 heterocycles. The van der Waals surface area contributed by atoms with E-state index in [9.17, 15) is 0 Å². The van der Waals surface area contributed by atoms with Crippen LogP contribution in [-0.2, 0) is 0 Å². The number of aromatic nitrogens is 2. The highest BCUT2D eigenvalue weighted by molar-refractivity contribution is 6.30. The van der Waals surface area contributed by atoms with Gasteiger partial charge in [-0.25, -0.2) is 9.97 Å². The summed E-state index contributed by atoms with van der Waals surface area (Å²) >= 11 is 5.94. The summed E-state index contributed by atoms with van der Waals surface area (Å²) in [6.45, 7) is 3.93. The quantitative estimate of drug-likeness (QED) is 0.624. The first kappa shape index (κ1) is 7.99. The molecule has 0 atom stereocenters. The lowest BCUT2D eigenvalue weighted by atomic mass is 10.2. The maximum absolute atomic E-state index is 5.94. The lowest BCUT2D eigenvalue weighted by Gasteiger charge is -2.03. The SMILES string of the molecule is Cc1nc(C2CC2)nc(Cl)c1C. The van der Waals surface area contributed by atoms with Crippen molar-refractivity contribution in [2.24, 2.45) is 0 Å². The highest BCUT2D eigenvalue weighted by atomic mass is 35.5. The van der Waals surface area contributed by atoms with Gasteiger partial charge in [-0.15, -0.1) is 0 Å². The predicted molar refractivity (Wildman–Crippen MR) is 48.5 cm³/mol. The maximum Gasteiger partial charge on any atom is 0.135 e. The number of rotatable bonds is 1. The number of hydrogen-bond acceptors (Lipinski definition) is 2. The molecule has 1 fully saturated rings. The third-order valence-corrected chi connectivity index (χ3v) is 2.66. The highest BCUT2D eigenvalue weighted by Gasteiger charge is 2.27. The van der Waals surface area contributed by atoms with Crippen molar-refractivity contribution in [1.82, 2.24) is 9.97 Å². The van der Waals surface area contributed by atoms with Crippen molar-refractivity contribution in [3.8, 4) is 0 Å². The molecular weight excluding hydrogens is 172 g/mol. The Labute approximate surface area is 77.0 Å². The van der Waals surface area contributed by atoms with Crippen LogP contribution in [0.5, 0.6) is 0 Å². The Morgan fingerprint density at radius 3 is 2.42 bits per heavy atom. The van der Waals surface area contributed by atoms with Gasteiger partial charge >= 0.3 is 0 Å². The molecule has 2 rings (SSSR count). The third-order valence-electron chi connectivity index (χ3n) is 2.29. The van der Waals surface area contributed by atoms with Gasteiger partial charge in [-0.1, -0.05) is 11.6 Å². The van der Waals surface area contributed by atoms with E-state index in [1.165, 1.54) is 12.8 Å². The van der Waals surface area contributed by atoms with Crippen molar-refractivity contribution >= 4 is 11.6 Å². The number of nitrogens with zero attached hydrogens (tertiary/aromatic N) is 2. The first-order chi connectivity index (χ1) is 5.68. The number of hydrogen-bond donors (Lipinski definition) is 0. The molecule has 0 aromatic carbocycles. The van der Waals surface area contributed by atoms with Crippen LogP contribution in [0, 0.1) is 13.8 Å². The van der Waals surface area contributed by atoms with Gasteiger partial charge in [0, 0.05) is 17.2 Å². The summed E-state index contributed by atoms with van der Waals surface area (Å²) in [5.74, 6) is 1.52. The summed E-state index contributed by atoms with van der Waals surface area (Å²) in [7, 11) is 0. The summed E-state index contributed by atoms with van der Waals surface area (Å²) in [4.78, 5) is 8.65. The second-order valence-corrected chi connectivity index (χ2v) is 3.72. The van der Waals surface area contributed by atoms with Gasteiger partial charge < -0.3 is 0 Å². The fourth-order valence-electron chi connectivity index (χ4n) is 1.14. The van der Waals surface area contributed by atoms with Gasteiger partial charge in [0.1, 0.15) is 11.0 Å². The molecule has 64 valence electrons. The molecule has 0 bridgehead atoms. The Bertz CT molecular complexity index is 295. The lowest BCUT2D eigenvalue weighted by Crippen LogP contribution is -1.98. The van der Waals surface area contributed by atoms with Crippen LogP contribution in [-0.4, -0.2) is 9.97 Å². The van der Waals surface area contributed by atoms with Crippen LogP contribution >= 0.6 is 11.6 Å². The molecule has 1 aliphatic carbocycles. The Hall–Kier alpha value is -0.630. The van der Waals surface area contributed by atoms with Crippen molar-refractivity contribution < 1.29 is 0 Å². The molecule has 12 heavy (non-hydrogen) atoms. The van der Waals surface area contributed by atoms with Crippen molar-refractivity contribution in [3.05, 3.63) is 22.2 Å².